The summed E-state index contributed by atoms with van der Waals surface area (Å²) in [4.78, 5) is 23.1. The van der Waals surface area contributed by atoms with Crippen LogP contribution in [0.2, 0.25) is 0 Å². The number of rotatable bonds is 11. The Balaban J connectivity index is 4.13. The number of unbranched alkanes of at least 4 members (excludes halogenated alkanes) is 5. The number of hydrogen-bond donors (Lipinski definition) is 2. The molecular weight excluding hydrogens is 282 g/mol. The van der Waals surface area contributed by atoms with E-state index in [4.69, 9.17) is 5.11 Å². The maximum absolute atomic E-state index is 11.8. The van der Waals surface area contributed by atoms with Gasteiger partial charge in [0.1, 0.15) is 0 Å². The number of nitrogens with one attached hydrogen (secondary N) is 1. The molecule has 0 aliphatic rings. The molecule has 126 valence electrons. The number of carbonyl (C=O) groups is 2. The lowest BCUT2D eigenvalue weighted by atomic mass is 10.1. The van der Waals surface area contributed by atoms with Gasteiger partial charge in [-0.15, -0.1) is 0 Å². The molecule has 5 nitrogen and oxygen atoms in total. The van der Waals surface area contributed by atoms with E-state index in [0.29, 0.717) is 5.57 Å². The van der Waals surface area contributed by atoms with Crippen molar-refractivity contribution in [2.75, 3.05) is 13.7 Å². The minimum atomic E-state index is -1.02. The summed E-state index contributed by atoms with van der Waals surface area (Å²) >= 11 is 0. The van der Waals surface area contributed by atoms with E-state index in [2.05, 4.69) is 17.0 Å². The topological polar surface area (TPSA) is 75.6 Å². The zero-order chi connectivity index (χ0) is 16.8. The molecule has 0 aliphatic carbocycles. The number of carbonyl (C=O) groups excluding carboxylic acids is 2. The Bertz CT molecular complexity index is 388. The summed E-state index contributed by atoms with van der Waals surface area (Å²) in [5.74, 6) is -1.05. The Morgan fingerprint density at radius 2 is 1.91 bits per heavy atom. The summed E-state index contributed by atoms with van der Waals surface area (Å²) in [5.41, 5.74) is 0.476. The highest BCUT2D eigenvalue weighted by atomic mass is 16.5. The van der Waals surface area contributed by atoms with E-state index in [0.717, 1.165) is 12.8 Å². The van der Waals surface area contributed by atoms with Gasteiger partial charge in [-0.2, -0.15) is 0 Å². The maximum atomic E-state index is 11.8. The summed E-state index contributed by atoms with van der Waals surface area (Å²) in [7, 11) is 1.21. The first-order valence-corrected chi connectivity index (χ1v) is 7.89. The van der Waals surface area contributed by atoms with E-state index in [9.17, 15) is 9.59 Å². The van der Waals surface area contributed by atoms with E-state index in [-0.39, 0.29) is 0 Å². The van der Waals surface area contributed by atoms with Gasteiger partial charge in [0.15, 0.2) is 6.04 Å². The van der Waals surface area contributed by atoms with Gasteiger partial charge in [-0.1, -0.05) is 50.8 Å². The summed E-state index contributed by atoms with van der Waals surface area (Å²) in [6, 6.07) is -1.02. The second kappa shape index (κ2) is 13.1. The minimum absolute atomic E-state index is 0.392. The van der Waals surface area contributed by atoms with Crippen molar-refractivity contribution < 1.29 is 19.4 Å². The number of aliphatic hydroxyl groups excluding tert-OH is 1. The van der Waals surface area contributed by atoms with Gasteiger partial charge in [-0.05, 0) is 19.8 Å². The van der Waals surface area contributed by atoms with Gasteiger partial charge in [0.25, 0.3) is 0 Å². The highest BCUT2D eigenvalue weighted by Crippen LogP contribution is 2.05. The summed E-state index contributed by atoms with van der Waals surface area (Å²) in [6.45, 7) is 3.37. The fourth-order valence-corrected chi connectivity index (χ4v) is 1.84. The lowest BCUT2D eigenvalue weighted by Crippen LogP contribution is -2.44. The van der Waals surface area contributed by atoms with Crippen molar-refractivity contribution in [2.24, 2.45) is 0 Å². The number of hydrogen-bond acceptors (Lipinski definition) is 4. The number of amides is 1. The van der Waals surface area contributed by atoms with Crippen LogP contribution in [0.5, 0.6) is 0 Å². The average Bonchev–Trinajstić information content (AvgIpc) is 2.53. The quantitative estimate of drug-likeness (QED) is 0.266. The van der Waals surface area contributed by atoms with Crippen molar-refractivity contribution in [3.8, 4) is 0 Å². The van der Waals surface area contributed by atoms with Gasteiger partial charge in [0.05, 0.1) is 13.7 Å². The molecule has 0 heterocycles. The second-order valence-corrected chi connectivity index (χ2v) is 5.21. The maximum Gasteiger partial charge on any atom is 0.330 e. The molecule has 0 radical (unpaired) electrons. The van der Waals surface area contributed by atoms with Crippen LogP contribution in [0.15, 0.2) is 23.8 Å². The lowest BCUT2D eigenvalue weighted by Gasteiger charge is -2.13. The molecule has 5 heteroatoms. The lowest BCUT2D eigenvalue weighted by molar-refractivity contribution is -0.145. The number of aliphatic hydroxyl groups is 1. The SMILES string of the molecule is CCCCCCC/C=C/C=C(\C)C(=O)NC(CO)C(=O)OC. The van der Waals surface area contributed by atoms with Gasteiger partial charge in [-0.3, -0.25) is 4.79 Å². The van der Waals surface area contributed by atoms with Crippen LogP contribution in [0, 0.1) is 0 Å². The molecule has 0 fully saturated rings. The fourth-order valence-electron chi connectivity index (χ4n) is 1.84. The molecule has 0 aromatic heterocycles. The molecule has 0 rings (SSSR count). The number of ether oxygens (including phenoxy) is 1. The Hall–Kier alpha value is -1.62. The molecule has 0 bridgehead atoms. The molecule has 0 aromatic rings. The van der Waals surface area contributed by atoms with Crippen molar-refractivity contribution in [3.63, 3.8) is 0 Å². The number of esters is 1. The predicted octanol–water partition coefficient (Wildman–Crippen LogP) is 2.50. The van der Waals surface area contributed by atoms with Gasteiger partial charge < -0.3 is 15.2 Å². The minimum Gasteiger partial charge on any atom is -0.467 e. The number of allylic oxidation sites excluding steroid dienone is 3. The summed E-state index contributed by atoms with van der Waals surface area (Å²) < 4.78 is 4.49. The summed E-state index contributed by atoms with van der Waals surface area (Å²) in [5, 5.41) is 11.5. The molecule has 2 N–H and O–H groups in total. The van der Waals surface area contributed by atoms with Crippen molar-refractivity contribution in [1.82, 2.24) is 5.32 Å². The van der Waals surface area contributed by atoms with Gasteiger partial charge in [-0.25, -0.2) is 4.79 Å². The molecule has 0 aromatic carbocycles. The van der Waals surface area contributed by atoms with E-state index < -0.39 is 24.5 Å². The van der Waals surface area contributed by atoms with Crippen molar-refractivity contribution in [2.45, 2.75) is 58.4 Å². The third-order valence-corrected chi connectivity index (χ3v) is 3.29. The van der Waals surface area contributed by atoms with Crippen LogP contribution in [0.1, 0.15) is 52.4 Å². The van der Waals surface area contributed by atoms with Crippen LogP contribution in [0.4, 0.5) is 0 Å². The van der Waals surface area contributed by atoms with Crippen LogP contribution in [0.25, 0.3) is 0 Å². The fraction of sp³-hybridized carbons (Fsp3) is 0.647. The third kappa shape index (κ3) is 9.34. The molecule has 1 atom stereocenters. The van der Waals surface area contributed by atoms with E-state index >= 15 is 0 Å². The Morgan fingerprint density at radius 1 is 1.23 bits per heavy atom. The smallest absolute Gasteiger partial charge is 0.330 e. The van der Waals surface area contributed by atoms with Crippen LogP contribution >= 0.6 is 0 Å². The first kappa shape index (κ1) is 20.4. The molecule has 1 amide bonds. The molecule has 22 heavy (non-hydrogen) atoms. The standard InChI is InChI=1S/C17H29NO4/c1-4-5-6-7-8-9-10-11-12-14(2)16(20)18-15(13-19)17(21)22-3/h10-12,15,19H,4-9,13H2,1-3H3,(H,18,20)/b11-10+,14-12+. The molecular formula is C17H29NO4. The Morgan fingerprint density at radius 3 is 2.50 bits per heavy atom. The van der Waals surface area contributed by atoms with E-state index in [1.807, 2.05) is 12.2 Å². The summed E-state index contributed by atoms with van der Waals surface area (Å²) in [6.07, 6.45) is 12.8. The first-order valence-electron chi connectivity index (χ1n) is 7.89. The van der Waals surface area contributed by atoms with E-state index in [1.165, 1.54) is 32.8 Å². The monoisotopic (exact) mass is 311 g/mol. The Labute approximate surface area is 133 Å². The second-order valence-electron chi connectivity index (χ2n) is 5.21. The molecule has 0 spiro atoms. The van der Waals surface area contributed by atoms with Gasteiger partial charge in [0.2, 0.25) is 5.91 Å². The zero-order valence-corrected chi connectivity index (χ0v) is 13.9. The number of methoxy groups -OCH3 is 1. The van der Waals surface area contributed by atoms with E-state index in [1.54, 1.807) is 13.0 Å². The molecule has 0 saturated heterocycles. The van der Waals surface area contributed by atoms with Gasteiger partial charge in [0, 0.05) is 5.57 Å². The molecule has 1 unspecified atom stereocenters. The van der Waals surface area contributed by atoms with Crippen LogP contribution in [0.3, 0.4) is 0 Å². The molecule has 0 aliphatic heterocycles. The van der Waals surface area contributed by atoms with Crippen LogP contribution in [-0.4, -0.2) is 36.7 Å². The van der Waals surface area contributed by atoms with Crippen LogP contribution in [-0.2, 0) is 14.3 Å². The third-order valence-electron chi connectivity index (χ3n) is 3.29. The highest BCUT2D eigenvalue weighted by molar-refractivity contribution is 5.95. The normalized spacial score (nSPS) is 13.2. The van der Waals surface area contributed by atoms with Crippen molar-refractivity contribution in [1.29, 1.82) is 0 Å². The average molecular weight is 311 g/mol. The predicted molar refractivity (Wildman–Crippen MR) is 87.3 cm³/mol. The van der Waals surface area contributed by atoms with Gasteiger partial charge >= 0.3 is 5.97 Å². The van der Waals surface area contributed by atoms with Crippen molar-refractivity contribution >= 4 is 11.9 Å². The molecule has 0 saturated carbocycles. The highest BCUT2D eigenvalue weighted by Gasteiger charge is 2.20. The first-order chi connectivity index (χ1) is 10.6. The van der Waals surface area contributed by atoms with Crippen molar-refractivity contribution in [3.05, 3.63) is 23.8 Å². The van der Waals surface area contributed by atoms with Crippen LogP contribution < -0.4 is 5.32 Å². The Kier molecular flexibility index (Phi) is 12.1. The zero-order valence-electron chi connectivity index (χ0n) is 13.9. The largest absolute Gasteiger partial charge is 0.467 e.